The zero-order valence-electron chi connectivity index (χ0n) is 10.5. The number of ether oxygens (including phenoxy) is 1. The molecule has 1 unspecified atom stereocenters. The van der Waals surface area contributed by atoms with Crippen LogP contribution in [-0.4, -0.2) is 17.6 Å². The highest BCUT2D eigenvalue weighted by Gasteiger charge is 2.05. The van der Waals surface area contributed by atoms with Gasteiger partial charge in [0.05, 0.1) is 6.20 Å². The Hall–Kier alpha value is -1.87. The van der Waals surface area contributed by atoms with E-state index in [9.17, 15) is 0 Å². The lowest BCUT2D eigenvalue weighted by molar-refractivity contribution is 0.286. The summed E-state index contributed by atoms with van der Waals surface area (Å²) in [5.41, 5.74) is 8.37. The van der Waals surface area contributed by atoms with Crippen LogP contribution in [-0.2, 0) is 6.42 Å². The molecule has 1 aromatic carbocycles. The molecular weight excluding hydrogens is 224 g/mol. The second-order valence-electron chi connectivity index (χ2n) is 4.46. The Labute approximate surface area is 108 Å². The number of rotatable bonds is 5. The van der Waals surface area contributed by atoms with Crippen molar-refractivity contribution in [1.82, 2.24) is 4.98 Å². The van der Waals surface area contributed by atoms with Crippen LogP contribution < -0.4 is 10.5 Å². The maximum atomic E-state index is 6.05. The van der Waals surface area contributed by atoms with Gasteiger partial charge in [-0.1, -0.05) is 30.3 Å². The van der Waals surface area contributed by atoms with E-state index in [0.717, 1.165) is 17.7 Å². The fourth-order valence-electron chi connectivity index (χ4n) is 1.79. The van der Waals surface area contributed by atoms with Crippen LogP contribution in [0.5, 0.6) is 5.75 Å². The maximum Gasteiger partial charge on any atom is 0.137 e. The summed E-state index contributed by atoms with van der Waals surface area (Å²) in [7, 11) is 0. The van der Waals surface area contributed by atoms with E-state index in [2.05, 4.69) is 17.1 Å². The number of hydrogen-bond donors (Lipinski definition) is 1. The van der Waals surface area contributed by atoms with Gasteiger partial charge >= 0.3 is 0 Å². The molecule has 0 saturated carbocycles. The van der Waals surface area contributed by atoms with Gasteiger partial charge in [-0.05, 0) is 30.5 Å². The van der Waals surface area contributed by atoms with Crippen LogP contribution in [0, 0.1) is 6.92 Å². The van der Waals surface area contributed by atoms with Crippen molar-refractivity contribution in [3.63, 3.8) is 0 Å². The van der Waals surface area contributed by atoms with Gasteiger partial charge in [-0.25, -0.2) is 0 Å². The van der Waals surface area contributed by atoms with Crippen molar-refractivity contribution < 1.29 is 4.74 Å². The quantitative estimate of drug-likeness (QED) is 0.875. The summed E-state index contributed by atoms with van der Waals surface area (Å²) in [6.45, 7) is 2.49. The molecule has 3 heteroatoms. The maximum absolute atomic E-state index is 6.05. The fraction of sp³-hybridized carbons (Fsp3) is 0.267. The van der Waals surface area contributed by atoms with Gasteiger partial charge in [0.1, 0.15) is 12.4 Å². The molecule has 0 bridgehead atoms. The van der Waals surface area contributed by atoms with E-state index in [1.165, 1.54) is 5.56 Å². The highest BCUT2D eigenvalue weighted by Crippen LogP contribution is 2.11. The number of benzene rings is 1. The molecule has 18 heavy (non-hydrogen) atoms. The lowest BCUT2D eigenvalue weighted by Crippen LogP contribution is -2.30. The van der Waals surface area contributed by atoms with Gasteiger partial charge in [0.2, 0.25) is 0 Å². The molecule has 3 nitrogen and oxygen atoms in total. The highest BCUT2D eigenvalue weighted by molar-refractivity contribution is 5.22. The molecule has 2 rings (SSSR count). The normalized spacial score (nSPS) is 12.1. The largest absolute Gasteiger partial charge is 0.490 e. The average molecular weight is 242 g/mol. The van der Waals surface area contributed by atoms with E-state index in [-0.39, 0.29) is 6.04 Å². The lowest BCUT2D eigenvalue weighted by atomic mass is 10.1. The number of nitrogens with zero attached hydrogens (tertiary/aromatic N) is 1. The molecule has 0 aliphatic rings. The van der Waals surface area contributed by atoms with Crippen LogP contribution in [0.1, 0.15) is 11.1 Å². The minimum absolute atomic E-state index is 0.00656. The Balaban J connectivity index is 1.83. The highest BCUT2D eigenvalue weighted by atomic mass is 16.5. The zero-order chi connectivity index (χ0) is 12.8. The second kappa shape index (κ2) is 6.17. The topological polar surface area (TPSA) is 48.1 Å². The van der Waals surface area contributed by atoms with Crippen molar-refractivity contribution in [3.8, 4) is 5.75 Å². The minimum Gasteiger partial charge on any atom is -0.490 e. The number of nitrogens with two attached hydrogens (primary N) is 1. The van der Waals surface area contributed by atoms with Gasteiger partial charge < -0.3 is 10.5 Å². The van der Waals surface area contributed by atoms with E-state index in [4.69, 9.17) is 10.5 Å². The van der Waals surface area contributed by atoms with Crippen LogP contribution in [0.3, 0.4) is 0 Å². The minimum atomic E-state index is -0.00656. The third-order valence-electron chi connectivity index (χ3n) is 2.65. The van der Waals surface area contributed by atoms with Gasteiger partial charge in [0, 0.05) is 12.2 Å². The molecule has 1 heterocycles. The first-order valence-electron chi connectivity index (χ1n) is 6.08. The smallest absolute Gasteiger partial charge is 0.137 e. The Morgan fingerprint density at radius 1 is 1.22 bits per heavy atom. The fourth-order valence-corrected chi connectivity index (χ4v) is 1.79. The number of hydrogen-bond acceptors (Lipinski definition) is 3. The summed E-state index contributed by atoms with van der Waals surface area (Å²) in [5.74, 6) is 0.776. The molecule has 1 aromatic heterocycles. The van der Waals surface area contributed by atoms with Gasteiger partial charge in [0.25, 0.3) is 0 Å². The van der Waals surface area contributed by atoms with Gasteiger partial charge in [0.15, 0.2) is 0 Å². The summed E-state index contributed by atoms with van der Waals surface area (Å²) in [6, 6.07) is 12.2. The van der Waals surface area contributed by atoms with Crippen molar-refractivity contribution in [2.45, 2.75) is 19.4 Å². The van der Waals surface area contributed by atoms with Crippen molar-refractivity contribution in [3.05, 3.63) is 59.9 Å². The summed E-state index contributed by atoms with van der Waals surface area (Å²) in [5, 5.41) is 0. The van der Waals surface area contributed by atoms with Gasteiger partial charge in [-0.15, -0.1) is 0 Å². The Morgan fingerprint density at radius 3 is 2.72 bits per heavy atom. The molecule has 2 aromatic rings. The monoisotopic (exact) mass is 242 g/mol. The SMILES string of the molecule is Cc1cncc(OCC(N)Cc2ccccc2)c1. The van der Waals surface area contributed by atoms with E-state index in [0.29, 0.717) is 6.61 Å². The molecule has 2 N–H and O–H groups in total. The Kier molecular flexibility index (Phi) is 4.31. The average Bonchev–Trinajstić information content (AvgIpc) is 2.38. The molecule has 0 radical (unpaired) electrons. The summed E-state index contributed by atoms with van der Waals surface area (Å²) in [4.78, 5) is 4.08. The third-order valence-corrected chi connectivity index (χ3v) is 2.65. The number of pyridine rings is 1. The number of aromatic nitrogens is 1. The first-order chi connectivity index (χ1) is 8.74. The summed E-state index contributed by atoms with van der Waals surface area (Å²) >= 11 is 0. The van der Waals surface area contributed by atoms with Crippen LogP contribution in [0.4, 0.5) is 0 Å². The van der Waals surface area contributed by atoms with Crippen LogP contribution in [0.15, 0.2) is 48.8 Å². The van der Waals surface area contributed by atoms with Gasteiger partial charge in [-0.2, -0.15) is 0 Å². The van der Waals surface area contributed by atoms with E-state index in [1.54, 1.807) is 12.4 Å². The second-order valence-corrected chi connectivity index (χ2v) is 4.46. The van der Waals surface area contributed by atoms with Crippen molar-refractivity contribution in [2.24, 2.45) is 5.73 Å². The van der Waals surface area contributed by atoms with E-state index >= 15 is 0 Å². The molecular formula is C15H18N2O. The Bertz CT molecular complexity index is 485. The van der Waals surface area contributed by atoms with Crippen molar-refractivity contribution in [1.29, 1.82) is 0 Å². The summed E-state index contributed by atoms with van der Waals surface area (Å²) < 4.78 is 5.63. The van der Waals surface area contributed by atoms with Gasteiger partial charge in [-0.3, -0.25) is 4.98 Å². The molecule has 0 spiro atoms. The van der Waals surface area contributed by atoms with E-state index < -0.39 is 0 Å². The van der Waals surface area contributed by atoms with Crippen LogP contribution in [0.2, 0.25) is 0 Å². The van der Waals surface area contributed by atoms with Crippen LogP contribution in [0.25, 0.3) is 0 Å². The molecule has 94 valence electrons. The summed E-state index contributed by atoms with van der Waals surface area (Å²) in [6.07, 6.45) is 4.33. The molecule has 0 fully saturated rings. The van der Waals surface area contributed by atoms with E-state index in [1.807, 2.05) is 31.2 Å². The van der Waals surface area contributed by atoms with Crippen LogP contribution >= 0.6 is 0 Å². The Morgan fingerprint density at radius 2 is 2.00 bits per heavy atom. The molecule has 0 saturated heterocycles. The first kappa shape index (κ1) is 12.6. The molecule has 0 aliphatic carbocycles. The first-order valence-corrected chi connectivity index (χ1v) is 6.08. The molecule has 0 amide bonds. The third kappa shape index (κ3) is 3.86. The predicted octanol–water partition coefficient (Wildman–Crippen LogP) is 2.34. The van der Waals surface area contributed by atoms with Crippen molar-refractivity contribution >= 4 is 0 Å². The predicted molar refractivity (Wildman–Crippen MR) is 72.6 cm³/mol. The van der Waals surface area contributed by atoms with Crippen molar-refractivity contribution in [2.75, 3.05) is 6.61 Å². The number of aryl methyl sites for hydroxylation is 1. The molecule has 1 atom stereocenters. The molecule has 0 aliphatic heterocycles. The zero-order valence-corrected chi connectivity index (χ0v) is 10.5. The standard InChI is InChI=1S/C15H18N2O/c1-12-7-15(10-17-9-12)18-11-14(16)8-13-5-3-2-4-6-13/h2-7,9-10,14H,8,11,16H2,1H3. The lowest BCUT2D eigenvalue weighted by Gasteiger charge is -2.13.